The number of hydrogen-bond acceptors (Lipinski definition) is 2. The molecule has 0 spiro atoms. The fourth-order valence-corrected chi connectivity index (χ4v) is 2.79. The van der Waals surface area contributed by atoms with Gasteiger partial charge in [-0.1, -0.05) is 18.2 Å². The quantitative estimate of drug-likeness (QED) is 0.640. The van der Waals surface area contributed by atoms with Crippen LogP contribution in [0.4, 0.5) is 11.4 Å². The normalized spacial score (nSPS) is 14.2. The number of H-pyrrole nitrogens is 1. The second-order valence-electron chi connectivity index (χ2n) is 5.72. The van der Waals surface area contributed by atoms with Crippen molar-refractivity contribution < 1.29 is 9.59 Å². The lowest BCUT2D eigenvalue weighted by molar-refractivity contribution is -0.110. The zero-order valence-corrected chi connectivity index (χ0v) is 13.2. The van der Waals surface area contributed by atoms with Crippen molar-refractivity contribution >= 4 is 34.8 Å². The average molecular weight is 329 g/mol. The molecule has 0 bridgehead atoms. The van der Waals surface area contributed by atoms with E-state index >= 15 is 0 Å². The zero-order valence-electron chi connectivity index (χ0n) is 13.2. The molecule has 4 rings (SSSR count). The van der Waals surface area contributed by atoms with Gasteiger partial charge in [0.05, 0.1) is 5.57 Å². The van der Waals surface area contributed by atoms with Crippen LogP contribution in [0.5, 0.6) is 0 Å². The minimum atomic E-state index is -0.187. The van der Waals surface area contributed by atoms with Crippen molar-refractivity contribution in [1.82, 2.24) is 4.98 Å². The summed E-state index contributed by atoms with van der Waals surface area (Å²) >= 11 is 0. The van der Waals surface area contributed by atoms with E-state index in [0.717, 1.165) is 16.9 Å². The van der Waals surface area contributed by atoms with Crippen LogP contribution in [0.3, 0.4) is 0 Å². The van der Waals surface area contributed by atoms with Gasteiger partial charge in [-0.15, -0.1) is 0 Å². The van der Waals surface area contributed by atoms with E-state index in [1.54, 1.807) is 36.5 Å². The van der Waals surface area contributed by atoms with Crippen LogP contribution < -0.4 is 10.6 Å². The number of hydrogen-bond donors (Lipinski definition) is 3. The molecule has 5 nitrogen and oxygen atoms in total. The van der Waals surface area contributed by atoms with E-state index in [0.29, 0.717) is 16.8 Å². The molecule has 2 amide bonds. The molecule has 0 saturated carbocycles. The molecule has 3 aromatic rings. The standard InChI is InChI=1S/C20H15N3O2/c24-19(13-5-2-1-3-6-13)22-15-8-9-18-16(12-15)17(20(25)23-18)11-14-7-4-10-21-14/h1-12,21H,(H,22,24)(H,23,25)/b17-11+. The summed E-state index contributed by atoms with van der Waals surface area (Å²) in [6, 6.07) is 18.1. The molecule has 5 heteroatoms. The summed E-state index contributed by atoms with van der Waals surface area (Å²) in [4.78, 5) is 27.6. The highest BCUT2D eigenvalue weighted by Crippen LogP contribution is 2.35. The van der Waals surface area contributed by atoms with E-state index in [2.05, 4.69) is 15.6 Å². The monoisotopic (exact) mass is 329 g/mol. The Morgan fingerprint density at radius 3 is 2.60 bits per heavy atom. The Hall–Kier alpha value is -3.60. The number of benzene rings is 2. The van der Waals surface area contributed by atoms with Crippen molar-refractivity contribution in [2.75, 3.05) is 10.6 Å². The van der Waals surface area contributed by atoms with E-state index in [9.17, 15) is 9.59 Å². The van der Waals surface area contributed by atoms with Crippen LogP contribution in [0.1, 0.15) is 21.6 Å². The van der Waals surface area contributed by atoms with Crippen molar-refractivity contribution in [3.8, 4) is 0 Å². The first-order chi connectivity index (χ1) is 12.2. The van der Waals surface area contributed by atoms with Crippen LogP contribution in [-0.2, 0) is 4.79 Å². The highest BCUT2D eigenvalue weighted by atomic mass is 16.2. The average Bonchev–Trinajstić information content (AvgIpc) is 3.25. The summed E-state index contributed by atoms with van der Waals surface area (Å²) in [5.74, 6) is -0.344. The third-order valence-electron chi connectivity index (χ3n) is 4.02. The maximum atomic E-state index is 12.3. The molecule has 0 radical (unpaired) electrons. The lowest BCUT2D eigenvalue weighted by Crippen LogP contribution is -2.11. The number of anilines is 2. The number of fused-ring (bicyclic) bond motifs is 1. The highest BCUT2D eigenvalue weighted by molar-refractivity contribution is 6.35. The largest absolute Gasteiger partial charge is 0.362 e. The molecule has 0 saturated heterocycles. The fourth-order valence-electron chi connectivity index (χ4n) is 2.79. The molecule has 1 aromatic heterocycles. The zero-order chi connectivity index (χ0) is 17.2. The lowest BCUT2D eigenvalue weighted by Gasteiger charge is -2.07. The van der Waals surface area contributed by atoms with E-state index in [1.165, 1.54) is 0 Å². The molecular weight excluding hydrogens is 314 g/mol. The Bertz CT molecular complexity index is 973. The summed E-state index contributed by atoms with van der Waals surface area (Å²) in [6.45, 7) is 0. The van der Waals surface area contributed by atoms with E-state index in [-0.39, 0.29) is 11.8 Å². The third kappa shape index (κ3) is 2.95. The smallest absolute Gasteiger partial charge is 0.256 e. The van der Waals surface area contributed by atoms with Crippen molar-refractivity contribution in [2.24, 2.45) is 0 Å². The minimum Gasteiger partial charge on any atom is -0.362 e. The minimum absolute atomic E-state index is 0.156. The van der Waals surface area contributed by atoms with E-state index in [1.807, 2.05) is 36.4 Å². The van der Waals surface area contributed by atoms with Gasteiger partial charge in [-0.25, -0.2) is 0 Å². The molecule has 2 aromatic carbocycles. The molecule has 1 aliphatic rings. The number of nitrogens with one attached hydrogen (secondary N) is 3. The van der Waals surface area contributed by atoms with Crippen molar-refractivity contribution in [3.05, 3.63) is 83.7 Å². The van der Waals surface area contributed by atoms with Gasteiger partial charge in [0.2, 0.25) is 0 Å². The Morgan fingerprint density at radius 1 is 1.00 bits per heavy atom. The first-order valence-corrected chi connectivity index (χ1v) is 7.88. The third-order valence-corrected chi connectivity index (χ3v) is 4.02. The number of aromatic nitrogens is 1. The van der Waals surface area contributed by atoms with Crippen LogP contribution in [0, 0.1) is 0 Å². The van der Waals surface area contributed by atoms with Gasteiger partial charge in [0.1, 0.15) is 0 Å². The van der Waals surface area contributed by atoms with Gasteiger partial charge in [-0.3, -0.25) is 9.59 Å². The molecule has 0 atom stereocenters. The summed E-state index contributed by atoms with van der Waals surface area (Å²) in [5, 5.41) is 5.71. The number of carbonyl (C=O) groups is 2. The number of rotatable bonds is 3. The summed E-state index contributed by atoms with van der Waals surface area (Å²) in [5.41, 5.74) is 4.14. The van der Waals surface area contributed by atoms with Crippen molar-refractivity contribution in [2.45, 2.75) is 0 Å². The fraction of sp³-hybridized carbons (Fsp3) is 0. The Morgan fingerprint density at radius 2 is 1.84 bits per heavy atom. The summed E-state index contributed by atoms with van der Waals surface area (Å²) in [7, 11) is 0. The van der Waals surface area contributed by atoms with Gasteiger partial charge < -0.3 is 15.6 Å². The molecular formula is C20H15N3O2. The molecule has 3 N–H and O–H groups in total. The maximum absolute atomic E-state index is 12.3. The summed E-state index contributed by atoms with van der Waals surface area (Å²) < 4.78 is 0. The van der Waals surface area contributed by atoms with Crippen LogP contribution in [0.15, 0.2) is 66.9 Å². The number of aromatic amines is 1. The van der Waals surface area contributed by atoms with Gasteiger partial charge in [-0.2, -0.15) is 0 Å². The Labute approximate surface area is 144 Å². The van der Waals surface area contributed by atoms with Gasteiger partial charge in [0.15, 0.2) is 0 Å². The first kappa shape index (κ1) is 15.0. The van der Waals surface area contributed by atoms with Crippen molar-refractivity contribution in [1.29, 1.82) is 0 Å². The topological polar surface area (TPSA) is 74.0 Å². The van der Waals surface area contributed by atoms with Crippen LogP contribution >= 0.6 is 0 Å². The lowest BCUT2D eigenvalue weighted by atomic mass is 10.0. The van der Waals surface area contributed by atoms with Gasteiger partial charge in [0, 0.05) is 34.4 Å². The molecule has 0 fully saturated rings. The first-order valence-electron chi connectivity index (χ1n) is 7.88. The highest BCUT2D eigenvalue weighted by Gasteiger charge is 2.24. The van der Waals surface area contributed by atoms with Gasteiger partial charge in [-0.05, 0) is 48.5 Å². The molecule has 1 aliphatic heterocycles. The second-order valence-corrected chi connectivity index (χ2v) is 5.72. The van der Waals surface area contributed by atoms with Crippen LogP contribution in [0.2, 0.25) is 0 Å². The number of amides is 2. The molecule has 0 aliphatic carbocycles. The van der Waals surface area contributed by atoms with Crippen molar-refractivity contribution in [3.63, 3.8) is 0 Å². The molecule has 25 heavy (non-hydrogen) atoms. The Kier molecular flexibility index (Phi) is 3.67. The van der Waals surface area contributed by atoms with Gasteiger partial charge >= 0.3 is 0 Å². The molecule has 0 unspecified atom stereocenters. The van der Waals surface area contributed by atoms with Crippen LogP contribution in [-0.4, -0.2) is 16.8 Å². The SMILES string of the molecule is O=C1Nc2ccc(NC(=O)c3ccccc3)cc2/C1=C\c1ccc[nH]1. The van der Waals surface area contributed by atoms with E-state index < -0.39 is 0 Å². The number of carbonyl (C=O) groups excluding carboxylic acids is 2. The van der Waals surface area contributed by atoms with Crippen LogP contribution in [0.25, 0.3) is 11.6 Å². The van der Waals surface area contributed by atoms with Gasteiger partial charge in [0.25, 0.3) is 11.8 Å². The maximum Gasteiger partial charge on any atom is 0.256 e. The van der Waals surface area contributed by atoms with E-state index in [4.69, 9.17) is 0 Å². The predicted molar refractivity (Wildman–Crippen MR) is 98.1 cm³/mol. The summed E-state index contributed by atoms with van der Waals surface area (Å²) in [6.07, 6.45) is 3.60. The molecule has 122 valence electrons. The Balaban J connectivity index is 1.65. The second kappa shape index (κ2) is 6.13. The predicted octanol–water partition coefficient (Wildman–Crippen LogP) is 3.76. The molecule has 2 heterocycles.